The van der Waals surface area contributed by atoms with Gasteiger partial charge in [-0.2, -0.15) is 0 Å². The Hall–Kier alpha value is -0.590. The van der Waals surface area contributed by atoms with Crippen molar-refractivity contribution in [1.82, 2.24) is 0 Å². The number of ketones is 1. The number of rotatable bonds is 3. The lowest BCUT2D eigenvalue weighted by Gasteiger charge is -2.24. The minimum atomic E-state index is 0.00648. The lowest BCUT2D eigenvalue weighted by atomic mass is 9.79. The third-order valence-corrected chi connectivity index (χ3v) is 3.67. The SMILES string of the molecule is C=C(C)CC[C@@]1(C)C[C@@H]2C[C@@H]2C1=O. The molecule has 2 saturated carbocycles. The average molecular weight is 178 g/mol. The number of hydrogen-bond donors (Lipinski definition) is 0. The van der Waals surface area contributed by atoms with E-state index in [1.54, 1.807) is 0 Å². The molecule has 0 amide bonds. The molecule has 2 rings (SSSR count). The normalized spacial score (nSPS) is 41.8. The number of fused-ring (bicyclic) bond motifs is 1. The Morgan fingerprint density at radius 2 is 2.38 bits per heavy atom. The van der Waals surface area contributed by atoms with Crippen molar-refractivity contribution in [2.45, 2.75) is 39.5 Å². The summed E-state index contributed by atoms with van der Waals surface area (Å²) in [6.07, 6.45) is 4.36. The minimum absolute atomic E-state index is 0.00648. The molecule has 0 aromatic carbocycles. The molecule has 0 radical (unpaired) electrons. The molecule has 2 aliphatic rings. The quantitative estimate of drug-likeness (QED) is 0.607. The summed E-state index contributed by atoms with van der Waals surface area (Å²) >= 11 is 0. The number of Topliss-reactive ketones (excluding diaryl/α,β-unsaturated/α-hetero) is 1. The van der Waals surface area contributed by atoms with Crippen LogP contribution in [0.2, 0.25) is 0 Å². The number of carbonyl (C=O) groups excluding carboxylic acids is 1. The van der Waals surface area contributed by atoms with Gasteiger partial charge in [0.2, 0.25) is 0 Å². The Balaban J connectivity index is 1.97. The molecule has 0 aromatic rings. The summed E-state index contributed by atoms with van der Waals surface area (Å²) in [6.45, 7) is 8.08. The van der Waals surface area contributed by atoms with Crippen molar-refractivity contribution in [2.75, 3.05) is 0 Å². The molecule has 0 aliphatic heterocycles. The van der Waals surface area contributed by atoms with E-state index >= 15 is 0 Å². The maximum absolute atomic E-state index is 11.9. The lowest BCUT2D eigenvalue weighted by Crippen LogP contribution is -2.24. The molecule has 0 unspecified atom stereocenters. The Labute approximate surface area is 80.2 Å². The molecule has 0 saturated heterocycles. The highest BCUT2D eigenvalue weighted by Gasteiger charge is 2.58. The Morgan fingerprint density at radius 3 is 2.85 bits per heavy atom. The molecular weight excluding hydrogens is 160 g/mol. The van der Waals surface area contributed by atoms with Gasteiger partial charge in [-0.05, 0) is 38.5 Å². The van der Waals surface area contributed by atoms with Gasteiger partial charge in [0, 0.05) is 11.3 Å². The smallest absolute Gasteiger partial charge is 0.142 e. The molecule has 72 valence electrons. The van der Waals surface area contributed by atoms with Crippen LogP contribution in [-0.2, 0) is 4.79 Å². The molecule has 13 heavy (non-hydrogen) atoms. The zero-order valence-corrected chi connectivity index (χ0v) is 8.60. The van der Waals surface area contributed by atoms with Crippen LogP contribution >= 0.6 is 0 Å². The van der Waals surface area contributed by atoms with Crippen molar-refractivity contribution in [3.8, 4) is 0 Å². The molecule has 0 aromatic heterocycles. The Kier molecular flexibility index (Phi) is 1.86. The number of hydrogen-bond acceptors (Lipinski definition) is 1. The highest BCUT2D eigenvalue weighted by molar-refractivity contribution is 5.91. The second kappa shape index (κ2) is 2.70. The first-order chi connectivity index (χ1) is 6.03. The van der Waals surface area contributed by atoms with E-state index in [9.17, 15) is 4.79 Å². The van der Waals surface area contributed by atoms with E-state index in [0.29, 0.717) is 11.7 Å². The second-order valence-electron chi connectivity index (χ2n) is 5.19. The summed E-state index contributed by atoms with van der Waals surface area (Å²) in [5, 5.41) is 0. The average Bonchev–Trinajstić information content (AvgIpc) is 2.74. The van der Waals surface area contributed by atoms with Crippen molar-refractivity contribution in [2.24, 2.45) is 17.3 Å². The summed E-state index contributed by atoms with van der Waals surface area (Å²) in [5.41, 5.74) is 1.21. The highest BCUT2D eigenvalue weighted by Crippen LogP contribution is 2.58. The second-order valence-corrected chi connectivity index (χ2v) is 5.19. The van der Waals surface area contributed by atoms with E-state index in [1.165, 1.54) is 12.0 Å². The molecule has 0 bridgehead atoms. The lowest BCUT2D eigenvalue weighted by molar-refractivity contribution is -0.127. The zero-order valence-electron chi connectivity index (χ0n) is 8.60. The number of carbonyl (C=O) groups is 1. The maximum atomic E-state index is 11.9. The van der Waals surface area contributed by atoms with Gasteiger partial charge in [-0.15, -0.1) is 6.58 Å². The van der Waals surface area contributed by atoms with Crippen LogP contribution in [0.1, 0.15) is 39.5 Å². The fourth-order valence-electron chi connectivity index (χ4n) is 2.64. The topological polar surface area (TPSA) is 17.1 Å². The van der Waals surface area contributed by atoms with Gasteiger partial charge in [-0.25, -0.2) is 0 Å². The van der Waals surface area contributed by atoms with E-state index in [-0.39, 0.29) is 5.41 Å². The van der Waals surface area contributed by atoms with Gasteiger partial charge < -0.3 is 0 Å². The van der Waals surface area contributed by atoms with Crippen LogP contribution < -0.4 is 0 Å². The van der Waals surface area contributed by atoms with Crippen LogP contribution in [0.3, 0.4) is 0 Å². The molecule has 2 fully saturated rings. The molecule has 3 atom stereocenters. The molecule has 2 aliphatic carbocycles. The first-order valence-electron chi connectivity index (χ1n) is 5.22. The molecule has 0 N–H and O–H groups in total. The van der Waals surface area contributed by atoms with Gasteiger partial charge in [0.1, 0.15) is 5.78 Å². The molecule has 1 nitrogen and oxygen atoms in total. The van der Waals surface area contributed by atoms with E-state index < -0.39 is 0 Å². The summed E-state index contributed by atoms with van der Waals surface area (Å²) in [4.78, 5) is 11.9. The third kappa shape index (κ3) is 1.45. The molecule has 0 heterocycles. The van der Waals surface area contributed by atoms with Gasteiger partial charge >= 0.3 is 0 Å². The zero-order chi connectivity index (χ0) is 9.64. The fraction of sp³-hybridized carbons (Fsp3) is 0.750. The van der Waals surface area contributed by atoms with E-state index in [2.05, 4.69) is 13.5 Å². The highest BCUT2D eigenvalue weighted by atomic mass is 16.1. The first-order valence-corrected chi connectivity index (χ1v) is 5.22. The van der Waals surface area contributed by atoms with Crippen molar-refractivity contribution in [3.63, 3.8) is 0 Å². The van der Waals surface area contributed by atoms with Gasteiger partial charge in [-0.1, -0.05) is 12.5 Å². The largest absolute Gasteiger partial charge is 0.299 e. The molecule has 0 spiro atoms. The minimum Gasteiger partial charge on any atom is -0.299 e. The summed E-state index contributed by atoms with van der Waals surface area (Å²) in [5.74, 6) is 1.75. The van der Waals surface area contributed by atoms with Gasteiger partial charge in [-0.3, -0.25) is 4.79 Å². The van der Waals surface area contributed by atoms with Crippen LogP contribution in [0, 0.1) is 17.3 Å². The number of allylic oxidation sites excluding steroid dienone is 1. The Bertz CT molecular complexity index is 266. The fourth-order valence-corrected chi connectivity index (χ4v) is 2.64. The predicted octanol–water partition coefficient (Wildman–Crippen LogP) is 2.96. The van der Waals surface area contributed by atoms with E-state index in [1.807, 2.05) is 6.92 Å². The van der Waals surface area contributed by atoms with Crippen molar-refractivity contribution >= 4 is 5.78 Å². The van der Waals surface area contributed by atoms with E-state index in [0.717, 1.165) is 25.2 Å². The maximum Gasteiger partial charge on any atom is 0.142 e. The van der Waals surface area contributed by atoms with Crippen molar-refractivity contribution in [3.05, 3.63) is 12.2 Å². The van der Waals surface area contributed by atoms with E-state index in [4.69, 9.17) is 0 Å². The predicted molar refractivity (Wildman–Crippen MR) is 53.4 cm³/mol. The summed E-state index contributed by atoms with van der Waals surface area (Å²) in [6, 6.07) is 0. The Morgan fingerprint density at radius 1 is 1.69 bits per heavy atom. The standard InChI is InChI=1S/C12H18O/c1-8(2)4-5-12(3)7-9-6-10(9)11(12)13/h9-10H,1,4-7H2,2-3H3/t9-,10-,12-/m0/s1. The van der Waals surface area contributed by atoms with Crippen LogP contribution in [0.4, 0.5) is 0 Å². The first kappa shape index (κ1) is 8.98. The van der Waals surface area contributed by atoms with Crippen LogP contribution in [-0.4, -0.2) is 5.78 Å². The van der Waals surface area contributed by atoms with Crippen molar-refractivity contribution in [1.29, 1.82) is 0 Å². The monoisotopic (exact) mass is 178 g/mol. The molecular formula is C12H18O. The van der Waals surface area contributed by atoms with Crippen LogP contribution in [0.25, 0.3) is 0 Å². The summed E-state index contributed by atoms with van der Waals surface area (Å²) in [7, 11) is 0. The van der Waals surface area contributed by atoms with Crippen LogP contribution in [0.5, 0.6) is 0 Å². The van der Waals surface area contributed by atoms with Gasteiger partial charge in [0.05, 0.1) is 0 Å². The van der Waals surface area contributed by atoms with Gasteiger partial charge in [0.25, 0.3) is 0 Å². The van der Waals surface area contributed by atoms with Gasteiger partial charge in [0.15, 0.2) is 0 Å². The molecule has 1 heteroatoms. The third-order valence-electron chi connectivity index (χ3n) is 3.67. The van der Waals surface area contributed by atoms with Crippen molar-refractivity contribution < 1.29 is 4.79 Å². The summed E-state index contributed by atoms with van der Waals surface area (Å²) < 4.78 is 0. The van der Waals surface area contributed by atoms with Crippen LogP contribution in [0.15, 0.2) is 12.2 Å².